The van der Waals surface area contributed by atoms with E-state index in [-0.39, 0.29) is 23.6 Å². The first-order valence-corrected chi connectivity index (χ1v) is 8.11. The summed E-state index contributed by atoms with van der Waals surface area (Å²) >= 11 is 3.14. The van der Waals surface area contributed by atoms with Crippen molar-refractivity contribution in [3.8, 4) is 17.6 Å². The molecule has 0 radical (unpaired) electrons. The van der Waals surface area contributed by atoms with Gasteiger partial charge in [0.1, 0.15) is 18.2 Å². The van der Waals surface area contributed by atoms with E-state index < -0.39 is 29.5 Å². The smallest absolute Gasteiger partial charge is 0.256 e. The zero-order valence-electron chi connectivity index (χ0n) is 12.9. The van der Waals surface area contributed by atoms with Crippen molar-refractivity contribution in [2.75, 3.05) is 13.2 Å². The van der Waals surface area contributed by atoms with Crippen molar-refractivity contribution in [1.29, 1.82) is 0 Å². The van der Waals surface area contributed by atoms with Gasteiger partial charge in [-0.05, 0) is 25.5 Å². The summed E-state index contributed by atoms with van der Waals surface area (Å²) in [5.41, 5.74) is 0.228. The molecule has 0 aromatic heterocycles. The Kier molecular flexibility index (Phi) is 6.32. The van der Waals surface area contributed by atoms with Gasteiger partial charge in [-0.1, -0.05) is 27.9 Å². The summed E-state index contributed by atoms with van der Waals surface area (Å²) in [5.74, 6) is 4.46. The molecule has 1 aromatic carbocycles. The highest BCUT2D eigenvalue weighted by atomic mass is 79.9. The third-order valence-electron chi connectivity index (χ3n) is 3.37. The van der Waals surface area contributed by atoms with E-state index in [4.69, 9.17) is 4.74 Å². The summed E-state index contributed by atoms with van der Waals surface area (Å²) in [5, 5.41) is 0. The van der Waals surface area contributed by atoms with Crippen LogP contribution in [0.25, 0.3) is 5.70 Å². The van der Waals surface area contributed by atoms with Crippen LogP contribution in [0.15, 0.2) is 24.3 Å². The van der Waals surface area contributed by atoms with Crippen LogP contribution in [0.2, 0.25) is 0 Å². The molecule has 0 fully saturated rings. The molecule has 1 heterocycles. The van der Waals surface area contributed by atoms with Gasteiger partial charge in [-0.15, -0.1) is 5.92 Å². The molecule has 1 aliphatic heterocycles. The minimum atomic E-state index is -2.71. The molecular formula is C17H15BrF3NO2. The maximum absolute atomic E-state index is 14.4. The normalized spacial score (nSPS) is 17.4. The van der Waals surface area contributed by atoms with Gasteiger partial charge in [0.05, 0.1) is 17.1 Å². The first kappa shape index (κ1) is 18.4. The van der Waals surface area contributed by atoms with Crippen LogP contribution in [-0.2, 0) is 4.79 Å². The summed E-state index contributed by atoms with van der Waals surface area (Å²) in [6, 6.07) is 4.08. The molecule has 1 amide bonds. The van der Waals surface area contributed by atoms with E-state index in [0.717, 1.165) is 11.0 Å². The molecule has 7 heteroatoms. The van der Waals surface area contributed by atoms with Crippen molar-refractivity contribution in [3.05, 3.63) is 35.7 Å². The molecule has 1 unspecified atom stereocenters. The van der Waals surface area contributed by atoms with Gasteiger partial charge in [0, 0.05) is 11.6 Å². The second-order valence-corrected chi connectivity index (χ2v) is 6.09. The van der Waals surface area contributed by atoms with Crippen molar-refractivity contribution in [2.45, 2.75) is 24.6 Å². The maximum atomic E-state index is 14.4. The molecule has 0 N–H and O–H groups in total. The number of amides is 1. The Balaban J connectivity index is 2.30. The SMILES string of the molecule is CC#CCOc1ccc(C2=CCC(Br)C(=O)N2CC(F)F)c(F)c1. The van der Waals surface area contributed by atoms with Crippen molar-refractivity contribution in [2.24, 2.45) is 0 Å². The van der Waals surface area contributed by atoms with Gasteiger partial charge in [0.15, 0.2) is 0 Å². The molecule has 0 bridgehead atoms. The summed E-state index contributed by atoms with van der Waals surface area (Å²) in [6.07, 6.45) is -0.837. The highest BCUT2D eigenvalue weighted by Crippen LogP contribution is 2.32. The Hall–Kier alpha value is -1.94. The van der Waals surface area contributed by atoms with Crippen LogP contribution in [0, 0.1) is 17.7 Å². The molecule has 0 saturated heterocycles. The second kappa shape index (κ2) is 8.25. The summed E-state index contributed by atoms with van der Waals surface area (Å²) < 4.78 is 45.2. The van der Waals surface area contributed by atoms with Gasteiger partial charge in [-0.3, -0.25) is 4.79 Å². The lowest BCUT2D eigenvalue weighted by Crippen LogP contribution is -2.41. The molecule has 128 valence electrons. The number of carbonyl (C=O) groups is 1. The summed E-state index contributed by atoms with van der Waals surface area (Å²) in [7, 11) is 0. The number of ether oxygens (including phenoxy) is 1. The Morgan fingerprint density at radius 3 is 2.83 bits per heavy atom. The molecule has 3 nitrogen and oxygen atoms in total. The van der Waals surface area contributed by atoms with Gasteiger partial charge in [-0.2, -0.15) is 0 Å². The van der Waals surface area contributed by atoms with Crippen LogP contribution >= 0.6 is 15.9 Å². The highest BCUT2D eigenvalue weighted by molar-refractivity contribution is 9.10. The Morgan fingerprint density at radius 1 is 1.46 bits per heavy atom. The predicted octanol–water partition coefficient (Wildman–Crippen LogP) is 3.83. The highest BCUT2D eigenvalue weighted by Gasteiger charge is 2.32. The van der Waals surface area contributed by atoms with Gasteiger partial charge in [-0.25, -0.2) is 13.2 Å². The third kappa shape index (κ3) is 4.32. The molecule has 0 aliphatic carbocycles. The number of hydrogen-bond donors (Lipinski definition) is 0. The van der Waals surface area contributed by atoms with Gasteiger partial charge in [0.25, 0.3) is 6.43 Å². The van der Waals surface area contributed by atoms with E-state index in [2.05, 4.69) is 27.8 Å². The van der Waals surface area contributed by atoms with Crippen LogP contribution in [0.5, 0.6) is 5.75 Å². The van der Waals surface area contributed by atoms with E-state index >= 15 is 0 Å². The summed E-state index contributed by atoms with van der Waals surface area (Å²) in [6.45, 7) is 1.00. The van der Waals surface area contributed by atoms with E-state index in [9.17, 15) is 18.0 Å². The number of hydrogen-bond acceptors (Lipinski definition) is 2. The molecule has 1 aliphatic rings. The van der Waals surface area contributed by atoms with Crippen LogP contribution in [-0.4, -0.2) is 35.2 Å². The Bertz CT molecular complexity index is 710. The fourth-order valence-electron chi connectivity index (χ4n) is 2.28. The number of halogens is 4. The average molecular weight is 402 g/mol. The van der Waals surface area contributed by atoms with E-state index in [1.807, 2.05) is 0 Å². The molecule has 0 spiro atoms. The quantitative estimate of drug-likeness (QED) is 0.554. The fourth-order valence-corrected chi connectivity index (χ4v) is 2.71. The zero-order valence-corrected chi connectivity index (χ0v) is 14.4. The minimum Gasteiger partial charge on any atom is -0.481 e. The number of carbonyl (C=O) groups excluding carboxylic acids is 1. The number of benzene rings is 1. The van der Waals surface area contributed by atoms with Crippen LogP contribution in [0.4, 0.5) is 13.2 Å². The minimum absolute atomic E-state index is 0.0809. The average Bonchev–Trinajstić information content (AvgIpc) is 2.53. The lowest BCUT2D eigenvalue weighted by Gasteiger charge is -2.31. The maximum Gasteiger partial charge on any atom is 0.256 e. The first-order chi connectivity index (χ1) is 11.4. The number of rotatable bonds is 5. The van der Waals surface area contributed by atoms with Crippen LogP contribution in [0.3, 0.4) is 0 Å². The number of nitrogens with zero attached hydrogens (tertiary/aromatic N) is 1. The van der Waals surface area contributed by atoms with E-state index in [1.165, 1.54) is 12.1 Å². The van der Waals surface area contributed by atoms with Crippen LogP contribution in [0.1, 0.15) is 18.9 Å². The van der Waals surface area contributed by atoms with Gasteiger partial charge < -0.3 is 9.64 Å². The molecule has 24 heavy (non-hydrogen) atoms. The predicted molar refractivity (Wildman–Crippen MR) is 88.4 cm³/mol. The summed E-state index contributed by atoms with van der Waals surface area (Å²) in [4.78, 5) is 12.5. The van der Waals surface area contributed by atoms with Crippen LogP contribution < -0.4 is 4.74 Å². The van der Waals surface area contributed by atoms with Crippen molar-refractivity contribution in [1.82, 2.24) is 4.90 Å². The lowest BCUT2D eigenvalue weighted by molar-refractivity contribution is -0.129. The first-order valence-electron chi connectivity index (χ1n) is 7.20. The fraction of sp³-hybridized carbons (Fsp3) is 0.353. The molecule has 0 saturated carbocycles. The zero-order chi connectivity index (χ0) is 17.7. The monoisotopic (exact) mass is 401 g/mol. The largest absolute Gasteiger partial charge is 0.481 e. The molecule has 1 atom stereocenters. The number of alkyl halides is 3. The second-order valence-electron chi connectivity index (χ2n) is 4.99. The van der Waals surface area contributed by atoms with Gasteiger partial charge in [0.2, 0.25) is 5.91 Å². The van der Waals surface area contributed by atoms with E-state index in [0.29, 0.717) is 6.42 Å². The Morgan fingerprint density at radius 2 is 2.21 bits per heavy atom. The topological polar surface area (TPSA) is 29.5 Å². The lowest BCUT2D eigenvalue weighted by atomic mass is 10.0. The third-order valence-corrected chi connectivity index (χ3v) is 4.13. The number of allylic oxidation sites excluding steroid dienone is 1. The molecular weight excluding hydrogens is 387 g/mol. The van der Waals surface area contributed by atoms with Crippen molar-refractivity contribution in [3.63, 3.8) is 0 Å². The molecule has 2 rings (SSSR count). The Labute approximate surface area is 146 Å². The molecule has 1 aromatic rings. The van der Waals surface area contributed by atoms with E-state index in [1.54, 1.807) is 13.0 Å². The standard InChI is InChI=1S/C17H15BrF3NO2/c1-2-3-8-24-11-4-5-12(14(19)9-11)15-7-6-13(18)17(23)22(15)10-16(20)21/h4-5,7,9,13,16H,6,8,10H2,1H3. The van der Waals surface area contributed by atoms with Crippen molar-refractivity contribution >= 4 is 27.5 Å². The van der Waals surface area contributed by atoms with Crippen molar-refractivity contribution < 1.29 is 22.7 Å². The van der Waals surface area contributed by atoms with Gasteiger partial charge >= 0.3 is 0 Å².